The quantitative estimate of drug-likeness (QED) is 0.595. The average Bonchev–Trinajstić information content (AvgIpc) is 2.49. The first-order valence-corrected chi connectivity index (χ1v) is 3.40. The van der Waals surface area contributed by atoms with E-state index >= 15 is 0 Å². The Morgan fingerprint density at radius 3 is 3.08 bits per heavy atom. The number of fused-ring (bicyclic) bond motifs is 1. The van der Waals surface area contributed by atoms with E-state index in [1.807, 2.05) is 0 Å². The highest BCUT2D eigenvalue weighted by Gasteiger charge is 2.03. The smallest absolute Gasteiger partial charge is 0.170 e. The molecule has 0 unspecified atom stereocenters. The van der Waals surface area contributed by atoms with Gasteiger partial charge >= 0.3 is 0 Å². The molecule has 0 N–H and O–H groups in total. The predicted octanol–water partition coefficient (Wildman–Crippen LogP) is 1.29. The molecular formula is C8H5FN2O. The van der Waals surface area contributed by atoms with Crippen molar-refractivity contribution in [2.75, 3.05) is 0 Å². The number of aldehydes is 1. The summed E-state index contributed by atoms with van der Waals surface area (Å²) in [5.74, 6) is -0.377. The standard InChI is InChI=1S/C8H5FN2O/c9-7-2-1-3-11-8(7)4-6(5-12)10-11/h1-5H. The highest BCUT2D eigenvalue weighted by molar-refractivity contribution is 5.74. The molecule has 0 spiro atoms. The zero-order valence-electron chi connectivity index (χ0n) is 6.07. The van der Waals surface area contributed by atoms with Gasteiger partial charge in [0.2, 0.25) is 0 Å². The van der Waals surface area contributed by atoms with Crippen LogP contribution in [-0.4, -0.2) is 15.9 Å². The lowest BCUT2D eigenvalue weighted by Crippen LogP contribution is -1.88. The highest BCUT2D eigenvalue weighted by atomic mass is 19.1. The fourth-order valence-electron chi connectivity index (χ4n) is 1.06. The summed E-state index contributed by atoms with van der Waals surface area (Å²) in [6.07, 6.45) is 2.18. The number of pyridine rings is 1. The molecule has 2 heterocycles. The Bertz CT molecular complexity index is 436. The fourth-order valence-corrected chi connectivity index (χ4v) is 1.06. The molecule has 60 valence electrons. The fraction of sp³-hybridized carbons (Fsp3) is 0. The minimum atomic E-state index is -0.377. The molecule has 0 radical (unpaired) electrons. The van der Waals surface area contributed by atoms with Crippen molar-refractivity contribution in [1.82, 2.24) is 9.61 Å². The summed E-state index contributed by atoms with van der Waals surface area (Å²) >= 11 is 0. The predicted molar refractivity (Wildman–Crippen MR) is 40.5 cm³/mol. The second kappa shape index (κ2) is 2.41. The maximum atomic E-state index is 13.0. The van der Waals surface area contributed by atoms with Crippen LogP contribution in [0.5, 0.6) is 0 Å². The minimum Gasteiger partial charge on any atom is -0.296 e. The van der Waals surface area contributed by atoms with E-state index in [9.17, 15) is 9.18 Å². The van der Waals surface area contributed by atoms with Crippen LogP contribution in [0.4, 0.5) is 4.39 Å². The molecule has 0 atom stereocenters. The van der Waals surface area contributed by atoms with Gasteiger partial charge in [-0.1, -0.05) is 0 Å². The summed E-state index contributed by atoms with van der Waals surface area (Å²) in [5, 5.41) is 3.80. The first kappa shape index (κ1) is 6.97. The highest BCUT2D eigenvalue weighted by Crippen LogP contribution is 2.09. The van der Waals surface area contributed by atoms with Gasteiger partial charge in [-0.25, -0.2) is 8.91 Å². The molecule has 0 saturated carbocycles. The number of nitrogens with zero attached hydrogens (tertiary/aromatic N) is 2. The molecule has 2 aromatic heterocycles. The minimum absolute atomic E-state index is 0.236. The lowest BCUT2D eigenvalue weighted by atomic mass is 10.3. The van der Waals surface area contributed by atoms with Gasteiger partial charge < -0.3 is 0 Å². The second-order valence-corrected chi connectivity index (χ2v) is 2.37. The summed E-state index contributed by atoms with van der Waals surface area (Å²) in [4.78, 5) is 10.3. The van der Waals surface area contributed by atoms with E-state index in [0.717, 1.165) is 0 Å². The third-order valence-electron chi connectivity index (χ3n) is 1.59. The Kier molecular flexibility index (Phi) is 1.40. The SMILES string of the molecule is O=Cc1cc2c(F)cccn2n1. The van der Waals surface area contributed by atoms with Gasteiger partial charge in [0.1, 0.15) is 17.0 Å². The van der Waals surface area contributed by atoms with Gasteiger partial charge in [-0.3, -0.25) is 4.79 Å². The van der Waals surface area contributed by atoms with Crippen LogP contribution >= 0.6 is 0 Å². The van der Waals surface area contributed by atoms with Gasteiger partial charge in [-0.15, -0.1) is 0 Å². The van der Waals surface area contributed by atoms with Crippen LogP contribution in [0.15, 0.2) is 24.4 Å². The van der Waals surface area contributed by atoms with Crippen LogP contribution in [0.2, 0.25) is 0 Å². The first-order chi connectivity index (χ1) is 5.81. The monoisotopic (exact) mass is 164 g/mol. The van der Waals surface area contributed by atoms with Crippen LogP contribution in [-0.2, 0) is 0 Å². The van der Waals surface area contributed by atoms with Crippen molar-refractivity contribution in [3.05, 3.63) is 35.9 Å². The van der Waals surface area contributed by atoms with E-state index in [-0.39, 0.29) is 11.5 Å². The van der Waals surface area contributed by atoms with Crippen molar-refractivity contribution in [3.8, 4) is 0 Å². The summed E-state index contributed by atoms with van der Waals surface area (Å²) in [7, 11) is 0. The maximum absolute atomic E-state index is 13.0. The number of carbonyl (C=O) groups is 1. The van der Waals surface area contributed by atoms with E-state index in [4.69, 9.17) is 0 Å². The van der Waals surface area contributed by atoms with Crippen molar-refractivity contribution >= 4 is 11.8 Å². The van der Waals surface area contributed by atoms with Crippen LogP contribution < -0.4 is 0 Å². The van der Waals surface area contributed by atoms with E-state index < -0.39 is 0 Å². The molecule has 0 fully saturated rings. The maximum Gasteiger partial charge on any atom is 0.170 e. The summed E-state index contributed by atoms with van der Waals surface area (Å²) in [6, 6.07) is 4.26. The molecular weight excluding hydrogens is 159 g/mol. The molecule has 4 heteroatoms. The Balaban J connectivity index is 2.82. The van der Waals surface area contributed by atoms with Crippen molar-refractivity contribution in [2.24, 2.45) is 0 Å². The van der Waals surface area contributed by atoms with Gasteiger partial charge in [0.15, 0.2) is 6.29 Å². The lowest BCUT2D eigenvalue weighted by molar-refractivity contribution is 0.111. The number of hydrogen-bond donors (Lipinski definition) is 0. The number of carbonyl (C=O) groups excluding carboxylic acids is 1. The third kappa shape index (κ3) is 0.887. The summed E-state index contributed by atoms with van der Waals surface area (Å²) in [6.45, 7) is 0. The lowest BCUT2D eigenvalue weighted by Gasteiger charge is -1.90. The molecule has 0 amide bonds. The Morgan fingerprint density at radius 1 is 1.58 bits per heavy atom. The van der Waals surface area contributed by atoms with Gasteiger partial charge in [0.25, 0.3) is 0 Å². The van der Waals surface area contributed by atoms with E-state index in [1.165, 1.54) is 22.7 Å². The van der Waals surface area contributed by atoms with E-state index in [2.05, 4.69) is 5.10 Å². The van der Waals surface area contributed by atoms with Crippen LogP contribution in [0, 0.1) is 5.82 Å². The molecule has 0 aliphatic carbocycles. The van der Waals surface area contributed by atoms with Crippen molar-refractivity contribution < 1.29 is 9.18 Å². The molecule has 0 aliphatic heterocycles. The van der Waals surface area contributed by atoms with Crippen LogP contribution in [0.25, 0.3) is 5.52 Å². The Labute approximate surface area is 67.4 Å². The molecule has 12 heavy (non-hydrogen) atoms. The zero-order valence-corrected chi connectivity index (χ0v) is 6.07. The number of aromatic nitrogens is 2. The van der Waals surface area contributed by atoms with Gasteiger partial charge in [-0.2, -0.15) is 5.10 Å². The van der Waals surface area contributed by atoms with Crippen LogP contribution in [0.1, 0.15) is 10.5 Å². The topological polar surface area (TPSA) is 34.4 Å². The second-order valence-electron chi connectivity index (χ2n) is 2.37. The summed E-state index contributed by atoms with van der Waals surface area (Å²) in [5.41, 5.74) is 0.555. The number of halogens is 1. The molecule has 2 aromatic rings. The first-order valence-electron chi connectivity index (χ1n) is 3.40. The van der Waals surface area contributed by atoms with E-state index in [0.29, 0.717) is 11.8 Å². The van der Waals surface area contributed by atoms with Crippen molar-refractivity contribution in [1.29, 1.82) is 0 Å². The Hall–Kier alpha value is -1.71. The molecule has 0 aliphatic rings. The third-order valence-corrected chi connectivity index (χ3v) is 1.59. The van der Waals surface area contributed by atoms with Crippen molar-refractivity contribution in [3.63, 3.8) is 0 Å². The van der Waals surface area contributed by atoms with Gasteiger partial charge in [0.05, 0.1) is 0 Å². The van der Waals surface area contributed by atoms with Crippen LogP contribution in [0.3, 0.4) is 0 Å². The average molecular weight is 164 g/mol. The van der Waals surface area contributed by atoms with E-state index in [1.54, 1.807) is 6.20 Å². The number of hydrogen-bond acceptors (Lipinski definition) is 2. The zero-order chi connectivity index (χ0) is 8.55. The molecule has 0 aromatic carbocycles. The molecule has 0 saturated heterocycles. The molecule has 2 rings (SSSR count). The number of rotatable bonds is 1. The molecule has 0 bridgehead atoms. The molecule has 3 nitrogen and oxygen atoms in total. The Morgan fingerprint density at radius 2 is 2.42 bits per heavy atom. The van der Waals surface area contributed by atoms with Gasteiger partial charge in [0, 0.05) is 6.20 Å². The largest absolute Gasteiger partial charge is 0.296 e. The summed E-state index contributed by atoms with van der Waals surface area (Å²) < 4.78 is 14.3. The normalized spacial score (nSPS) is 10.4. The van der Waals surface area contributed by atoms with Crippen molar-refractivity contribution in [2.45, 2.75) is 0 Å². The van der Waals surface area contributed by atoms with Gasteiger partial charge in [-0.05, 0) is 18.2 Å².